The van der Waals surface area contributed by atoms with Crippen LogP contribution in [0.3, 0.4) is 0 Å². The van der Waals surface area contributed by atoms with E-state index in [1.54, 1.807) is 9.80 Å². The van der Waals surface area contributed by atoms with Gasteiger partial charge in [-0.15, -0.1) is 0 Å². The smallest absolute Gasteiger partial charge is 0.256 e. The molecule has 2 heterocycles. The Morgan fingerprint density at radius 2 is 1.70 bits per heavy atom. The molecule has 3 amide bonds. The van der Waals surface area contributed by atoms with Crippen molar-refractivity contribution in [2.75, 3.05) is 32.7 Å². The summed E-state index contributed by atoms with van der Waals surface area (Å²) in [5.41, 5.74) is -0.176. The molecule has 6 nitrogen and oxygen atoms in total. The summed E-state index contributed by atoms with van der Waals surface area (Å²) in [5, 5.41) is 0. The SMILES string of the molecule is CC(C)N1CC(C(=O)N2CCN(C(=O)c3ccc(F)cc3F)CC2)CC1=O. The van der Waals surface area contributed by atoms with Crippen LogP contribution >= 0.6 is 0 Å². The zero-order valence-corrected chi connectivity index (χ0v) is 15.5. The Labute approximate surface area is 156 Å². The summed E-state index contributed by atoms with van der Waals surface area (Å²) in [7, 11) is 0. The molecule has 0 saturated carbocycles. The number of rotatable bonds is 3. The lowest BCUT2D eigenvalue weighted by molar-refractivity contribution is -0.137. The van der Waals surface area contributed by atoms with E-state index in [0.29, 0.717) is 25.7 Å². The highest BCUT2D eigenvalue weighted by Gasteiger charge is 2.38. The van der Waals surface area contributed by atoms with Crippen LogP contribution in [0.15, 0.2) is 18.2 Å². The van der Waals surface area contributed by atoms with Gasteiger partial charge in [0.1, 0.15) is 11.6 Å². The van der Waals surface area contributed by atoms with E-state index in [-0.39, 0.29) is 48.8 Å². The van der Waals surface area contributed by atoms with Gasteiger partial charge in [0.05, 0.1) is 11.5 Å². The lowest BCUT2D eigenvalue weighted by Crippen LogP contribution is -2.52. The van der Waals surface area contributed by atoms with Crippen LogP contribution in [0, 0.1) is 17.6 Å². The van der Waals surface area contributed by atoms with Crippen LogP contribution in [0.2, 0.25) is 0 Å². The van der Waals surface area contributed by atoms with Gasteiger partial charge in [-0.05, 0) is 26.0 Å². The Balaban J connectivity index is 1.58. The minimum Gasteiger partial charge on any atom is -0.339 e. The number of hydrogen-bond acceptors (Lipinski definition) is 3. The van der Waals surface area contributed by atoms with Crippen LogP contribution in [-0.4, -0.2) is 71.2 Å². The normalized spacial score (nSPS) is 20.6. The first-order valence-electron chi connectivity index (χ1n) is 9.10. The first-order chi connectivity index (χ1) is 12.8. The standard InChI is InChI=1S/C19H23F2N3O3/c1-12(2)24-11-13(9-17(24)25)18(26)22-5-7-23(8-6-22)19(27)15-4-3-14(20)10-16(15)21/h3-4,10,12-13H,5-9,11H2,1-2H3. The van der Waals surface area contributed by atoms with Crippen LogP contribution < -0.4 is 0 Å². The lowest BCUT2D eigenvalue weighted by atomic mass is 10.1. The van der Waals surface area contributed by atoms with Crippen LogP contribution in [0.5, 0.6) is 0 Å². The molecule has 1 aromatic carbocycles. The van der Waals surface area contributed by atoms with Gasteiger partial charge >= 0.3 is 0 Å². The number of piperazine rings is 1. The van der Waals surface area contributed by atoms with E-state index in [1.807, 2.05) is 13.8 Å². The van der Waals surface area contributed by atoms with E-state index in [9.17, 15) is 23.2 Å². The Bertz CT molecular complexity index is 761. The summed E-state index contributed by atoms with van der Waals surface area (Å²) in [5.74, 6) is -2.58. The summed E-state index contributed by atoms with van der Waals surface area (Å²) < 4.78 is 26.8. The number of nitrogens with zero attached hydrogens (tertiary/aromatic N) is 3. The molecule has 0 radical (unpaired) electrons. The second-order valence-corrected chi connectivity index (χ2v) is 7.28. The molecule has 2 aliphatic rings. The lowest BCUT2D eigenvalue weighted by Gasteiger charge is -2.36. The van der Waals surface area contributed by atoms with Crippen molar-refractivity contribution in [3.05, 3.63) is 35.4 Å². The Hall–Kier alpha value is -2.51. The van der Waals surface area contributed by atoms with Gasteiger partial charge in [-0.25, -0.2) is 8.78 Å². The van der Waals surface area contributed by atoms with E-state index in [2.05, 4.69) is 0 Å². The molecular weight excluding hydrogens is 356 g/mol. The van der Waals surface area contributed by atoms with Crippen LogP contribution in [0.1, 0.15) is 30.6 Å². The maximum Gasteiger partial charge on any atom is 0.256 e. The largest absolute Gasteiger partial charge is 0.339 e. The second-order valence-electron chi connectivity index (χ2n) is 7.28. The maximum atomic E-state index is 13.8. The molecular formula is C19H23F2N3O3. The second kappa shape index (κ2) is 7.62. The molecule has 3 rings (SSSR count). The Morgan fingerprint density at radius 1 is 1.07 bits per heavy atom. The molecule has 27 heavy (non-hydrogen) atoms. The van der Waals surface area contributed by atoms with Crippen molar-refractivity contribution in [1.29, 1.82) is 0 Å². The van der Waals surface area contributed by atoms with Crippen molar-refractivity contribution in [3.63, 3.8) is 0 Å². The topological polar surface area (TPSA) is 60.9 Å². The fraction of sp³-hybridized carbons (Fsp3) is 0.526. The molecule has 0 spiro atoms. The van der Waals surface area contributed by atoms with Gasteiger partial charge in [0, 0.05) is 51.3 Å². The number of amides is 3. The average Bonchev–Trinajstić information content (AvgIpc) is 3.03. The first-order valence-corrected chi connectivity index (χ1v) is 9.10. The maximum absolute atomic E-state index is 13.8. The Kier molecular flexibility index (Phi) is 5.43. The van der Waals surface area contributed by atoms with Crippen molar-refractivity contribution >= 4 is 17.7 Å². The van der Waals surface area contributed by atoms with Crippen LogP contribution in [-0.2, 0) is 9.59 Å². The van der Waals surface area contributed by atoms with Gasteiger partial charge in [-0.1, -0.05) is 0 Å². The van der Waals surface area contributed by atoms with E-state index in [1.165, 1.54) is 4.90 Å². The van der Waals surface area contributed by atoms with Gasteiger partial charge in [0.25, 0.3) is 5.91 Å². The zero-order chi connectivity index (χ0) is 19.7. The predicted octanol–water partition coefficient (Wildman–Crippen LogP) is 1.51. The third-order valence-corrected chi connectivity index (χ3v) is 5.17. The van der Waals surface area contributed by atoms with Gasteiger partial charge in [-0.3, -0.25) is 14.4 Å². The van der Waals surface area contributed by atoms with Gasteiger partial charge < -0.3 is 14.7 Å². The third-order valence-electron chi connectivity index (χ3n) is 5.17. The van der Waals surface area contributed by atoms with E-state index in [0.717, 1.165) is 12.1 Å². The van der Waals surface area contributed by atoms with Crippen LogP contribution in [0.25, 0.3) is 0 Å². The molecule has 2 aliphatic heterocycles. The van der Waals surface area contributed by atoms with Gasteiger partial charge in [0.15, 0.2) is 0 Å². The van der Waals surface area contributed by atoms with Crippen molar-refractivity contribution in [1.82, 2.24) is 14.7 Å². The first kappa shape index (κ1) is 19.3. The third kappa shape index (κ3) is 3.94. The van der Waals surface area contributed by atoms with Crippen molar-refractivity contribution in [2.24, 2.45) is 5.92 Å². The van der Waals surface area contributed by atoms with Crippen LogP contribution in [0.4, 0.5) is 8.78 Å². The van der Waals surface area contributed by atoms with Crippen molar-refractivity contribution < 1.29 is 23.2 Å². The highest BCUT2D eigenvalue weighted by Crippen LogP contribution is 2.23. The fourth-order valence-corrected chi connectivity index (χ4v) is 3.62. The summed E-state index contributed by atoms with van der Waals surface area (Å²) in [6, 6.07) is 2.93. The molecule has 8 heteroatoms. The number of benzene rings is 1. The highest BCUT2D eigenvalue weighted by molar-refractivity contribution is 5.95. The number of likely N-dealkylation sites (tertiary alicyclic amines) is 1. The molecule has 146 valence electrons. The van der Waals surface area contributed by atoms with Crippen molar-refractivity contribution in [3.8, 4) is 0 Å². The number of carbonyl (C=O) groups is 3. The summed E-state index contributed by atoms with van der Waals surface area (Å²) in [6.45, 7) is 5.48. The number of hydrogen-bond donors (Lipinski definition) is 0. The minimum atomic E-state index is -0.892. The predicted molar refractivity (Wildman–Crippen MR) is 93.8 cm³/mol. The summed E-state index contributed by atoms with van der Waals surface area (Å²) >= 11 is 0. The molecule has 0 aromatic heterocycles. The van der Waals surface area contributed by atoms with E-state index < -0.39 is 17.5 Å². The highest BCUT2D eigenvalue weighted by atomic mass is 19.1. The number of carbonyl (C=O) groups excluding carboxylic acids is 3. The zero-order valence-electron chi connectivity index (χ0n) is 15.5. The van der Waals surface area contributed by atoms with E-state index in [4.69, 9.17) is 0 Å². The molecule has 1 atom stereocenters. The summed E-state index contributed by atoms with van der Waals surface area (Å²) in [4.78, 5) is 42.0. The average molecular weight is 379 g/mol. The van der Waals surface area contributed by atoms with Gasteiger partial charge in [0.2, 0.25) is 11.8 Å². The molecule has 0 aliphatic carbocycles. The molecule has 2 fully saturated rings. The molecule has 0 N–H and O–H groups in total. The fourth-order valence-electron chi connectivity index (χ4n) is 3.62. The quantitative estimate of drug-likeness (QED) is 0.800. The molecule has 1 unspecified atom stereocenters. The monoisotopic (exact) mass is 379 g/mol. The Morgan fingerprint density at radius 3 is 2.26 bits per heavy atom. The summed E-state index contributed by atoms with van der Waals surface area (Å²) in [6.07, 6.45) is 0.219. The van der Waals surface area contributed by atoms with Gasteiger partial charge in [-0.2, -0.15) is 0 Å². The van der Waals surface area contributed by atoms with E-state index >= 15 is 0 Å². The number of halogens is 2. The van der Waals surface area contributed by atoms with Crippen molar-refractivity contribution in [2.45, 2.75) is 26.3 Å². The molecule has 2 saturated heterocycles. The molecule has 0 bridgehead atoms. The molecule has 1 aromatic rings. The minimum absolute atomic E-state index is 0.0102.